The third-order valence-corrected chi connectivity index (χ3v) is 3.11. The molecule has 1 aromatic rings. The molecule has 1 heterocycles. The summed E-state index contributed by atoms with van der Waals surface area (Å²) in [6, 6.07) is 6.40. The van der Waals surface area contributed by atoms with Crippen molar-refractivity contribution in [2.24, 2.45) is 0 Å². The van der Waals surface area contributed by atoms with Crippen molar-refractivity contribution in [2.45, 2.75) is 18.9 Å². The van der Waals surface area contributed by atoms with Gasteiger partial charge in [0.05, 0.1) is 11.0 Å². The predicted octanol–water partition coefficient (Wildman–Crippen LogP) is 2.06. The summed E-state index contributed by atoms with van der Waals surface area (Å²) >= 11 is 5.12. The number of ether oxygens (including phenoxy) is 1. The summed E-state index contributed by atoms with van der Waals surface area (Å²) in [7, 11) is 0. The van der Waals surface area contributed by atoms with E-state index in [4.69, 9.17) is 17.0 Å². The van der Waals surface area contributed by atoms with E-state index in [0.29, 0.717) is 17.3 Å². The zero-order chi connectivity index (χ0) is 13.7. The quantitative estimate of drug-likeness (QED) is 0.500. The van der Waals surface area contributed by atoms with Crippen LogP contribution in [-0.4, -0.2) is 29.3 Å². The molecule has 1 aromatic carbocycles. The summed E-state index contributed by atoms with van der Waals surface area (Å²) in [6.45, 7) is 1.41. The molecule has 1 saturated heterocycles. The molecule has 0 radical (unpaired) electrons. The van der Waals surface area contributed by atoms with Gasteiger partial charge in [-0.25, -0.2) is 0 Å². The fourth-order valence-electron chi connectivity index (χ4n) is 1.92. The van der Waals surface area contributed by atoms with Crippen molar-refractivity contribution in [3.63, 3.8) is 0 Å². The van der Waals surface area contributed by atoms with Gasteiger partial charge in [-0.15, -0.1) is 0 Å². The molecule has 0 aromatic heterocycles. The van der Waals surface area contributed by atoms with Crippen LogP contribution in [0.4, 0.5) is 11.4 Å². The number of benzene rings is 1. The van der Waals surface area contributed by atoms with E-state index in [1.54, 1.807) is 18.2 Å². The third kappa shape index (κ3) is 3.87. The molecule has 1 fully saturated rings. The Balaban J connectivity index is 1.89. The van der Waals surface area contributed by atoms with Gasteiger partial charge in [0.1, 0.15) is 5.69 Å². The lowest BCUT2D eigenvalue weighted by atomic mass is 10.2. The minimum atomic E-state index is -0.439. The van der Waals surface area contributed by atoms with Crippen LogP contribution >= 0.6 is 12.2 Å². The maximum atomic E-state index is 10.9. The molecule has 2 N–H and O–H groups in total. The Morgan fingerprint density at radius 3 is 3.00 bits per heavy atom. The maximum Gasteiger partial charge on any atom is 0.292 e. The molecule has 0 aliphatic carbocycles. The second kappa shape index (κ2) is 6.44. The van der Waals surface area contributed by atoms with E-state index in [1.165, 1.54) is 6.07 Å². The van der Waals surface area contributed by atoms with Gasteiger partial charge < -0.3 is 15.4 Å². The average molecular weight is 281 g/mol. The molecule has 0 saturated carbocycles. The highest BCUT2D eigenvalue weighted by Crippen LogP contribution is 2.22. The summed E-state index contributed by atoms with van der Waals surface area (Å²) < 4.78 is 5.46. The summed E-state index contributed by atoms with van der Waals surface area (Å²) in [5, 5.41) is 17.1. The molecule has 1 aliphatic rings. The average Bonchev–Trinajstić information content (AvgIpc) is 2.90. The molecule has 0 bridgehead atoms. The summed E-state index contributed by atoms with van der Waals surface area (Å²) in [5.74, 6) is 0. The number of nitrogens with one attached hydrogen (secondary N) is 2. The van der Waals surface area contributed by atoms with Crippen LogP contribution < -0.4 is 10.6 Å². The van der Waals surface area contributed by atoms with Crippen molar-refractivity contribution >= 4 is 28.7 Å². The fraction of sp³-hybridized carbons (Fsp3) is 0.417. The number of hydrogen-bond acceptors (Lipinski definition) is 4. The first-order valence-electron chi connectivity index (χ1n) is 6.06. The van der Waals surface area contributed by atoms with Gasteiger partial charge in [-0.05, 0) is 31.1 Å². The molecule has 6 nitrogen and oxygen atoms in total. The highest BCUT2D eigenvalue weighted by Gasteiger charge is 2.16. The van der Waals surface area contributed by atoms with Crippen molar-refractivity contribution in [3.05, 3.63) is 34.4 Å². The number of nitrogens with zero attached hydrogens (tertiary/aromatic N) is 1. The first kappa shape index (κ1) is 13.7. The Morgan fingerprint density at radius 2 is 2.32 bits per heavy atom. The normalized spacial score (nSPS) is 18.0. The molecule has 2 rings (SSSR count). The van der Waals surface area contributed by atoms with E-state index in [-0.39, 0.29) is 11.8 Å². The predicted molar refractivity (Wildman–Crippen MR) is 76.3 cm³/mol. The second-order valence-electron chi connectivity index (χ2n) is 4.24. The Labute approximate surface area is 116 Å². The SMILES string of the molecule is O=[N+]([O-])c1ccccc1NC(=S)NCC1CCCO1. The van der Waals surface area contributed by atoms with E-state index >= 15 is 0 Å². The highest BCUT2D eigenvalue weighted by atomic mass is 32.1. The van der Waals surface area contributed by atoms with Crippen LogP contribution in [0.25, 0.3) is 0 Å². The lowest BCUT2D eigenvalue weighted by molar-refractivity contribution is -0.383. The van der Waals surface area contributed by atoms with Crippen molar-refractivity contribution in [1.29, 1.82) is 0 Å². The number of thiocarbonyl (C=S) groups is 1. The molecule has 0 spiro atoms. The minimum absolute atomic E-state index is 0.00349. The van der Waals surface area contributed by atoms with Crippen LogP contribution in [0.15, 0.2) is 24.3 Å². The molecular weight excluding hydrogens is 266 g/mol. The molecule has 102 valence electrons. The van der Waals surface area contributed by atoms with Gasteiger partial charge in [-0.3, -0.25) is 10.1 Å². The Bertz CT molecular complexity index is 475. The number of rotatable bonds is 4. The highest BCUT2D eigenvalue weighted by molar-refractivity contribution is 7.80. The smallest absolute Gasteiger partial charge is 0.292 e. The number of para-hydroxylation sites is 2. The van der Waals surface area contributed by atoms with Gasteiger partial charge in [0.2, 0.25) is 0 Å². The van der Waals surface area contributed by atoms with E-state index in [9.17, 15) is 10.1 Å². The van der Waals surface area contributed by atoms with Gasteiger partial charge in [0.15, 0.2) is 5.11 Å². The van der Waals surface area contributed by atoms with E-state index in [1.807, 2.05) is 0 Å². The summed E-state index contributed by atoms with van der Waals surface area (Å²) in [4.78, 5) is 10.4. The van der Waals surface area contributed by atoms with Crippen LogP contribution in [0.5, 0.6) is 0 Å². The number of nitro benzene ring substituents is 1. The number of anilines is 1. The van der Waals surface area contributed by atoms with Gasteiger partial charge in [-0.2, -0.15) is 0 Å². The first-order chi connectivity index (χ1) is 9.16. The monoisotopic (exact) mass is 281 g/mol. The van der Waals surface area contributed by atoms with Crippen LogP contribution in [-0.2, 0) is 4.74 Å². The van der Waals surface area contributed by atoms with Gasteiger partial charge in [0, 0.05) is 19.2 Å². The zero-order valence-corrected chi connectivity index (χ0v) is 11.1. The molecule has 1 aliphatic heterocycles. The number of hydrogen-bond donors (Lipinski definition) is 2. The van der Waals surface area contributed by atoms with E-state index < -0.39 is 4.92 Å². The molecule has 1 unspecified atom stereocenters. The van der Waals surface area contributed by atoms with Crippen LogP contribution in [0.1, 0.15) is 12.8 Å². The topological polar surface area (TPSA) is 76.4 Å². The second-order valence-corrected chi connectivity index (χ2v) is 4.65. The Kier molecular flexibility index (Phi) is 4.64. The zero-order valence-electron chi connectivity index (χ0n) is 10.3. The summed E-state index contributed by atoms with van der Waals surface area (Å²) in [6.07, 6.45) is 2.25. The van der Waals surface area contributed by atoms with E-state index in [0.717, 1.165) is 19.4 Å². The van der Waals surface area contributed by atoms with Crippen molar-refractivity contribution in [2.75, 3.05) is 18.5 Å². The lowest BCUT2D eigenvalue weighted by Gasteiger charge is -2.13. The first-order valence-corrected chi connectivity index (χ1v) is 6.47. The van der Waals surface area contributed by atoms with Crippen LogP contribution in [0, 0.1) is 10.1 Å². The summed E-state index contributed by atoms with van der Waals surface area (Å²) in [5.41, 5.74) is 0.390. The lowest BCUT2D eigenvalue weighted by Crippen LogP contribution is -2.34. The molecule has 19 heavy (non-hydrogen) atoms. The fourth-order valence-corrected chi connectivity index (χ4v) is 2.11. The Morgan fingerprint density at radius 1 is 1.53 bits per heavy atom. The molecular formula is C12H15N3O3S. The van der Waals surface area contributed by atoms with Crippen LogP contribution in [0.3, 0.4) is 0 Å². The number of nitro groups is 1. The standard InChI is InChI=1S/C12H15N3O3S/c16-15(17)11-6-2-1-5-10(11)14-12(19)13-8-9-4-3-7-18-9/h1-2,5-6,9H,3-4,7-8H2,(H2,13,14,19). The Hall–Kier alpha value is -1.73. The maximum absolute atomic E-state index is 10.9. The van der Waals surface area contributed by atoms with Crippen molar-refractivity contribution < 1.29 is 9.66 Å². The van der Waals surface area contributed by atoms with Crippen molar-refractivity contribution in [3.8, 4) is 0 Å². The van der Waals surface area contributed by atoms with Gasteiger partial charge in [0.25, 0.3) is 5.69 Å². The van der Waals surface area contributed by atoms with Gasteiger partial charge >= 0.3 is 0 Å². The molecule has 7 heteroatoms. The van der Waals surface area contributed by atoms with Crippen molar-refractivity contribution in [1.82, 2.24) is 5.32 Å². The van der Waals surface area contributed by atoms with E-state index in [2.05, 4.69) is 10.6 Å². The molecule has 1 atom stereocenters. The third-order valence-electron chi connectivity index (χ3n) is 2.86. The minimum Gasteiger partial charge on any atom is -0.376 e. The van der Waals surface area contributed by atoms with Crippen LogP contribution in [0.2, 0.25) is 0 Å². The molecule has 0 amide bonds. The largest absolute Gasteiger partial charge is 0.376 e. The van der Waals surface area contributed by atoms with Gasteiger partial charge in [-0.1, -0.05) is 12.1 Å².